The van der Waals surface area contributed by atoms with Gasteiger partial charge in [-0.2, -0.15) is 11.8 Å². The summed E-state index contributed by atoms with van der Waals surface area (Å²) in [5.74, 6) is 0.152. The molecule has 1 heterocycles. The summed E-state index contributed by atoms with van der Waals surface area (Å²) in [4.78, 5) is 22.6. The van der Waals surface area contributed by atoms with Gasteiger partial charge in [-0.15, -0.1) is 0 Å². The first-order chi connectivity index (χ1) is 9.15. The lowest BCUT2D eigenvalue weighted by Gasteiger charge is -2.22. The number of hydrogen-bond donors (Lipinski definition) is 3. The monoisotopic (exact) mass is 286 g/mol. The van der Waals surface area contributed by atoms with Crippen LogP contribution in [0.5, 0.6) is 0 Å². The van der Waals surface area contributed by atoms with Gasteiger partial charge in [0.2, 0.25) is 0 Å². The molecule has 3 N–H and O–H groups in total. The Hall–Kier alpha value is -0.910. The van der Waals surface area contributed by atoms with Crippen LogP contribution in [-0.2, 0) is 4.79 Å². The molecule has 2 amide bonds. The third-order valence-electron chi connectivity index (χ3n) is 3.88. The number of rotatable bonds is 4. The predicted molar refractivity (Wildman–Crippen MR) is 75.4 cm³/mol. The van der Waals surface area contributed by atoms with Crippen molar-refractivity contribution in [2.75, 3.05) is 12.3 Å². The number of amides is 2. The zero-order valence-corrected chi connectivity index (χ0v) is 11.9. The summed E-state index contributed by atoms with van der Waals surface area (Å²) < 4.78 is 0. The average Bonchev–Trinajstić information content (AvgIpc) is 2.86. The number of carboxylic acid groups (broad SMARTS) is 1. The second kappa shape index (κ2) is 7.03. The molecular formula is C13H22N2O3S. The zero-order valence-electron chi connectivity index (χ0n) is 11.1. The first-order valence-corrected chi connectivity index (χ1v) is 8.09. The number of hydrogen-bond acceptors (Lipinski definition) is 3. The zero-order chi connectivity index (χ0) is 13.7. The molecule has 1 aliphatic heterocycles. The predicted octanol–water partition coefficient (Wildman–Crippen LogP) is 1.82. The summed E-state index contributed by atoms with van der Waals surface area (Å²) in [6, 6.07) is -0.137. The van der Waals surface area contributed by atoms with E-state index in [1.807, 2.05) is 11.8 Å². The topological polar surface area (TPSA) is 78.4 Å². The lowest BCUT2D eigenvalue weighted by atomic mass is 10.1. The lowest BCUT2D eigenvalue weighted by molar-refractivity contribution is -0.141. The average molecular weight is 286 g/mol. The van der Waals surface area contributed by atoms with Crippen LogP contribution in [0.3, 0.4) is 0 Å². The fourth-order valence-corrected chi connectivity index (χ4v) is 3.99. The summed E-state index contributed by atoms with van der Waals surface area (Å²) >= 11 is 1.93. The molecule has 0 radical (unpaired) electrons. The standard InChI is InChI=1S/C13H22N2O3S/c16-12(17)9-4-5-10(7-9)15-13(18)14-8-11-3-1-2-6-19-11/h9-11H,1-8H2,(H,16,17)(H2,14,15,18)/t9-,10+,11?/m1/s1. The largest absolute Gasteiger partial charge is 0.481 e. The summed E-state index contributed by atoms with van der Waals surface area (Å²) in [5.41, 5.74) is 0. The van der Waals surface area contributed by atoms with Crippen LogP contribution in [0.4, 0.5) is 4.79 Å². The van der Waals surface area contributed by atoms with Crippen LogP contribution in [0.15, 0.2) is 0 Å². The number of carbonyl (C=O) groups is 2. The molecule has 19 heavy (non-hydrogen) atoms. The van der Waals surface area contributed by atoms with E-state index in [9.17, 15) is 9.59 Å². The molecule has 108 valence electrons. The molecule has 6 heteroatoms. The van der Waals surface area contributed by atoms with E-state index in [1.165, 1.54) is 25.0 Å². The second-order valence-corrected chi connectivity index (χ2v) is 6.80. The third kappa shape index (κ3) is 4.60. The third-order valence-corrected chi connectivity index (χ3v) is 5.28. The van der Waals surface area contributed by atoms with Gasteiger partial charge in [0, 0.05) is 17.8 Å². The maximum Gasteiger partial charge on any atom is 0.315 e. The van der Waals surface area contributed by atoms with E-state index in [0.717, 1.165) is 6.42 Å². The van der Waals surface area contributed by atoms with E-state index < -0.39 is 5.97 Å². The van der Waals surface area contributed by atoms with Crippen molar-refractivity contribution in [1.29, 1.82) is 0 Å². The molecule has 0 aromatic rings. The van der Waals surface area contributed by atoms with Crippen LogP contribution in [0.1, 0.15) is 38.5 Å². The van der Waals surface area contributed by atoms with Crippen molar-refractivity contribution >= 4 is 23.8 Å². The normalized spacial score (nSPS) is 30.8. The molecule has 0 aromatic heterocycles. The fourth-order valence-electron chi connectivity index (χ4n) is 2.75. The molecule has 0 bridgehead atoms. The minimum atomic E-state index is -0.747. The molecule has 0 aromatic carbocycles. The summed E-state index contributed by atoms with van der Waals surface area (Å²) in [6.45, 7) is 0.714. The quantitative estimate of drug-likeness (QED) is 0.736. The maximum atomic E-state index is 11.7. The summed E-state index contributed by atoms with van der Waals surface area (Å²) in [6.07, 6.45) is 5.70. The molecule has 3 atom stereocenters. The van der Waals surface area contributed by atoms with Crippen LogP contribution in [0, 0.1) is 5.92 Å². The second-order valence-electron chi connectivity index (χ2n) is 5.39. The van der Waals surface area contributed by atoms with Crippen molar-refractivity contribution in [3.8, 4) is 0 Å². The Morgan fingerprint density at radius 3 is 2.68 bits per heavy atom. The number of nitrogens with one attached hydrogen (secondary N) is 2. The molecule has 0 spiro atoms. The minimum Gasteiger partial charge on any atom is -0.481 e. The van der Waals surface area contributed by atoms with Gasteiger partial charge in [-0.3, -0.25) is 4.79 Å². The number of carboxylic acids is 1. The van der Waals surface area contributed by atoms with Crippen molar-refractivity contribution in [1.82, 2.24) is 10.6 Å². The Labute approximate surface area is 117 Å². The Morgan fingerprint density at radius 1 is 1.21 bits per heavy atom. The van der Waals surface area contributed by atoms with Crippen LogP contribution in [0.2, 0.25) is 0 Å². The fraction of sp³-hybridized carbons (Fsp3) is 0.846. The molecular weight excluding hydrogens is 264 g/mol. The number of urea groups is 1. The molecule has 1 saturated heterocycles. The van der Waals surface area contributed by atoms with E-state index in [4.69, 9.17) is 5.11 Å². The Bertz CT molecular complexity index is 332. The van der Waals surface area contributed by atoms with Crippen molar-refractivity contribution in [2.24, 2.45) is 5.92 Å². The lowest BCUT2D eigenvalue weighted by Crippen LogP contribution is -2.43. The molecule has 2 rings (SSSR count). The van der Waals surface area contributed by atoms with E-state index in [1.54, 1.807) is 0 Å². The van der Waals surface area contributed by atoms with Gasteiger partial charge in [-0.05, 0) is 37.9 Å². The van der Waals surface area contributed by atoms with Gasteiger partial charge in [-0.1, -0.05) is 6.42 Å². The first kappa shape index (κ1) is 14.5. The smallest absolute Gasteiger partial charge is 0.315 e. The van der Waals surface area contributed by atoms with Crippen LogP contribution in [-0.4, -0.2) is 40.7 Å². The highest BCUT2D eigenvalue weighted by Gasteiger charge is 2.30. The van der Waals surface area contributed by atoms with Crippen LogP contribution in [0.25, 0.3) is 0 Å². The maximum absolute atomic E-state index is 11.7. The molecule has 2 fully saturated rings. The van der Waals surface area contributed by atoms with Crippen LogP contribution >= 0.6 is 11.8 Å². The van der Waals surface area contributed by atoms with Gasteiger partial charge in [0.05, 0.1) is 5.92 Å². The summed E-state index contributed by atoms with van der Waals surface area (Å²) in [7, 11) is 0. The molecule has 5 nitrogen and oxygen atoms in total. The van der Waals surface area contributed by atoms with E-state index in [-0.39, 0.29) is 18.0 Å². The van der Waals surface area contributed by atoms with Crippen molar-refractivity contribution in [3.63, 3.8) is 0 Å². The molecule has 1 saturated carbocycles. The Kier molecular flexibility index (Phi) is 5.36. The van der Waals surface area contributed by atoms with E-state index >= 15 is 0 Å². The Morgan fingerprint density at radius 2 is 2.05 bits per heavy atom. The van der Waals surface area contributed by atoms with E-state index in [2.05, 4.69) is 10.6 Å². The Balaban J connectivity index is 1.63. The SMILES string of the molecule is O=C(NCC1CCCCS1)N[C@H]1CC[C@@H](C(=O)O)C1. The van der Waals surface area contributed by atoms with Gasteiger partial charge in [-0.25, -0.2) is 4.79 Å². The van der Waals surface area contributed by atoms with Crippen molar-refractivity contribution in [2.45, 2.75) is 49.8 Å². The highest BCUT2D eigenvalue weighted by Crippen LogP contribution is 2.26. The molecule has 2 aliphatic rings. The van der Waals surface area contributed by atoms with Gasteiger partial charge >= 0.3 is 12.0 Å². The van der Waals surface area contributed by atoms with Crippen LogP contribution < -0.4 is 10.6 Å². The minimum absolute atomic E-state index is 0.0140. The van der Waals surface area contributed by atoms with Gasteiger partial charge < -0.3 is 15.7 Å². The van der Waals surface area contributed by atoms with Gasteiger partial charge in [0.1, 0.15) is 0 Å². The van der Waals surface area contributed by atoms with Gasteiger partial charge in [0.25, 0.3) is 0 Å². The van der Waals surface area contributed by atoms with E-state index in [0.29, 0.717) is 24.6 Å². The number of carbonyl (C=O) groups excluding carboxylic acids is 1. The van der Waals surface area contributed by atoms with Crippen molar-refractivity contribution in [3.05, 3.63) is 0 Å². The molecule has 1 unspecified atom stereocenters. The highest BCUT2D eigenvalue weighted by atomic mass is 32.2. The summed E-state index contributed by atoms with van der Waals surface area (Å²) in [5, 5.41) is 15.2. The highest BCUT2D eigenvalue weighted by molar-refractivity contribution is 7.99. The number of thioether (sulfide) groups is 1. The van der Waals surface area contributed by atoms with Crippen molar-refractivity contribution < 1.29 is 14.7 Å². The molecule has 1 aliphatic carbocycles. The first-order valence-electron chi connectivity index (χ1n) is 7.04. The number of aliphatic carboxylic acids is 1. The van der Waals surface area contributed by atoms with Gasteiger partial charge in [0.15, 0.2) is 0 Å².